The van der Waals surface area contributed by atoms with Crippen molar-refractivity contribution in [2.24, 2.45) is 0 Å². The topological polar surface area (TPSA) is 43.4 Å². The van der Waals surface area contributed by atoms with Gasteiger partial charge >= 0.3 is 5.63 Å². The van der Waals surface area contributed by atoms with E-state index in [-0.39, 0.29) is 5.63 Å². The van der Waals surface area contributed by atoms with E-state index in [9.17, 15) is 4.79 Å². The second-order valence-electron chi connectivity index (χ2n) is 11.7. The van der Waals surface area contributed by atoms with E-state index in [2.05, 4.69) is 97.1 Å². The first kappa shape index (κ1) is 26.2. The van der Waals surface area contributed by atoms with Gasteiger partial charge in [0.05, 0.1) is 5.39 Å². The summed E-state index contributed by atoms with van der Waals surface area (Å²) in [5.74, 6) is 0. The van der Waals surface area contributed by atoms with E-state index in [1.165, 1.54) is 0 Å². The molecule has 0 aliphatic heterocycles. The zero-order chi connectivity index (χ0) is 30.6. The van der Waals surface area contributed by atoms with Gasteiger partial charge in [-0.25, -0.2) is 4.79 Å². The van der Waals surface area contributed by atoms with Crippen molar-refractivity contribution in [2.45, 2.75) is 0 Å². The van der Waals surface area contributed by atoms with Crippen molar-refractivity contribution in [3.8, 4) is 44.5 Å². The van der Waals surface area contributed by atoms with Crippen LogP contribution < -0.4 is 5.63 Å². The Morgan fingerprint density at radius 1 is 0.283 bits per heavy atom. The Labute approximate surface area is 264 Å². The van der Waals surface area contributed by atoms with Crippen LogP contribution in [0.15, 0.2) is 171 Å². The minimum Gasteiger partial charge on any atom is -0.456 e. The zero-order valence-electron chi connectivity index (χ0n) is 24.7. The number of rotatable bonds is 4. The van der Waals surface area contributed by atoms with Gasteiger partial charge in [0.1, 0.15) is 16.7 Å². The smallest absolute Gasteiger partial charge is 0.344 e. The first-order chi connectivity index (χ1) is 22.7. The Hall–Kier alpha value is -6.19. The van der Waals surface area contributed by atoms with Crippen molar-refractivity contribution in [3.63, 3.8) is 0 Å². The molecule has 2 heterocycles. The highest BCUT2D eigenvalue weighted by Gasteiger charge is 2.14. The molecule has 0 unspecified atom stereocenters. The number of fused-ring (bicyclic) bond motifs is 6. The molecule has 0 atom stereocenters. The molecule has 0 aliphatic carbocycles. The molecule has 0 amide bonds. The SMILES string of the molecule is O=c1oc2cc(-c3cc(-c4ccccc4)cc(-c4ccccc4)c3)ccc2c2ccc(-c3ccc4oc5ccccc5c4c3)cc12. The predicted octanol–water partition coefficient (Wildman–Crippen LogP) is 11.5. The third-order valence-electron chi connectivity index (χ3n) is 8.90. The van der Waals surface area contributed by atoms with Crippen molar-refractivity contribution in [1.29, 1.82) is 0 Å². The van der Waals surface area contributed by atoms with Crippen molar-refractivity contribution in [3.05, 3.63) is 168 Å². The van der Waals surface area contributed by atoms with Crippen LogP contribution in [-0.2, 0) is 0 Å². The summed E-state index contributed by atoms with van der Waals surface area (Å²) in [5.41, 5.74) is 10.5. The molecule has 3 nitrogen and oxygen atoms in total. The number of furan rings is 1. The van der Waals surface area contributed by atoms with Crippen molar-refractivity contribution >= 4 is 43.7 Å². The third-order valence-corrected chi connectivity index (χ3v) is 8.90. The Morgan fingerprint density at radius 3 is 1.48 bits per heavy atom. The fourth-order valence-corrected chi connectivity index (χ4v) is 6.59. The van der Waals surface area contributed by atoms with Gasteiger partial charge in [0, 0.05) is 16.2 Å². The lowest BCUT2D eigenvalue weighted by Gasteiger charge is -2.12. The Balaban J connectivity index is 1.16. The summed E-state index contributed by atoms with van der Waals surface area (Å²) in [5, 5.41) is 4.47. The normalized spacial score (nSPS) is 11.6. The highest BCUT2D eigenvalue weighted by Crippen LogP contribution is 2.37. The number of hydrogen-bond acceptors (Lipinski definition) is 3. The second kappa shape index (κ2) is 10.5. The maximum absolute atomic E-state index is 13.5. The van der Waals surface area contributed by atoms with Gasteiger partial charge in [0.15, 0.2) is 0 Å². The van der Waals surface area contributed by atoms with Crippen LogP contribution in [0.5, 0.6) is 0 Å². The molecule has 0 saturated heterocycles. The summed E-state index contributed by atoms with van der Waals surface area (Å²) < 4.78 is 12.0. The highest BCUT2D eigenvalue weighted by molar-refractivity contribution is 6.08. The lowest BCUT2D eigenvalue weighted by molar-refractivity contribution is 0.570. The summed E-state index contributed by atoms with van der Waals surface area (Å²) in [7, 11) is 0. The van der Waals surface area contributed by atoms with Crippen molar-refractivity contribution < 1.29 is 8.83 Å². The first-order valence-electron chi connectivity index (χ1n) is 15.4. The zero-order valence-corrected chi connectivity index (χ0v) is 24.7. The molecule has 2 aromatic heterocycles. The standard InChI is InChI=1S/C43H26O3/c44-43-39-25-29(30-17-20-41-38(24-30)36-13-7-8-14-40(36)45-41)15-18-35(39)37-19-16-31(26-42(37)46-43)34-22-32(27-9-3-1-4-10-27)21-33(23-34)28-11-5-2-6-12-28/h1-26H. The monoisotopic (exact) mass is 590 g/mol. The lowest BCUT2D eigenvalue weighted by Crippen LogP contribution is -2.00. The molecule has 9 aromatic rings. The fourth-order valence-electron chi connectivity index (χ4n) is 6.59. The molecule has 0 spiro atoms. The predicted molar refractivity (Wildman–Crippen MR) is 189 cm³/mol. The average Bonchev–Trinajstić information content (AvgIpc) is 3.50. The molecule has 0 radical (unpaired) electrons. The number of hydrogen-bond donors (Lipinski definition) is 0. The van der Waals surface area contributed by atoms with Crippen LogP contribution in [0.4, 0.5) is 0 Å². The van der Waals surface area contributed by atoms with E-state index in [1.54, 1.807) is 0 Å². The van der Waals surface area contributed by atoms with Crippen LogP contribution in [0.2, 0.25) is 0 Å². The van der Waals surface area contributed by atoms with Crippen LogP contribution in [0, 0.1) is 0 Å². The van der Waals surface area contributed by atoms with E-state index in [0.717, 1.165) is 77.2 Å². The largest absolute Gasteiger partial charge is 0.456 e. The van der Waals surface area contributed by atoms with E-state index >= 15 is 0 Å². The van der Waals surface area contributed by atoms with Crippen molar-refractivity contribution in [1.82, 2.24) is 0 Å². The third kappa shape index (κ3) is 4.41. The molecule has 0 aliphatic rings. The Kier molecular flexibility index (Phi) is 5.97. The van der Waals surface area contributed by atoms with Gasteiger partial charge < -0.3 is 8.83 Å². The Bertz CT molecular complexity index is 2590. The summed E-state index contributed by atoms with van der Waals surface area (Å²) in [6.07, 6.45) is 0. The lowest BCUT2D eigenvalue weighted by atomic mass is 9.92. The summed E-state index contributed by atoms with van der Waals surface area (Å²) in [6, 6.07) is 53.9. The average molecular weight is 591 g/mol. The van der Waals surface area contributed by atoms with E-state index < -0.39 is 0 Å². The van der Waals surface area contributed by atoms with Gasteiger partial charge in [-0.3, -0.25) is 0 Å². The quantitative estimate of drug-likeness (QED) is 0.151. The number of para-hydroxylation sites is 1. The maximum atomic E-state index is 13.5. The molecule has 3 heteroatoms. The molecule has 216 valence electrons. The van der Waals surface area contributed by atoms with E-state index in [0.29, 0.717) is 11.0 Å². The van der Waals surface area contributed by atoms with Gasteiger partial charge in [0.2, 0.25) is 0 Å². The van der Waals surface area contributed by atoms with Gasteiger partial charge in [-0.15, -0.1) is 0 Å². The molecule has 46 heavy (non-hydrogen) atoms. The molecule has 0 bridgehead atoms. The van der Waals surface area contributed by atoms with E-state index in [1.807, 2.05) is 60.7 Å². The summed E-state index contributed by atoms with van der Waals surface area (Å²) in [6.45, 7) is 0. The molecular formula is C43H26O3. The van der Waals surface area contributed by atoms with Gasteiger partial charge in [-0.1, -0.05) is 103 Å². The van der Waals surface area contributed by atoms with Gasteiger partial charge in [-0.2, -0.15) is 0 Å². The molecule has 0 saturated carbocycles. The summed E-state index contributed by atoms with van der Waals surface area (Å²) >= 11 is 0. The van der Waals surface area contributed by atoms with Crippen molar-refractivity contribution in [2.75, 3.05) is 0 Å². The second-order valence-corrected chi connectivity index (χ2v) is 11.7. The van der Waals surface area contributed by atoms with Crippen LogP contribution in [0.25, 0.3) is 88.2 Å². The van der Waals surface area contributed by atoms with Crippen LogP contribution in [0.1, 0.15) is 0 Å². The van der Waals surface area contributed by atoms with Crippen LogP contribution in [0.3, 0.4) is 0 Å². The fraction of sp³-hybridized carbons (Fsp3) is 0. The molecule has 9 rings (SSSR count). The number of benzene rings is 7. The van der Waals surface area contributed by atoms with E-state index in [4.69, 9.17) is 8.83 Å². The summed E-state index contributed by atoms with van der Waals surface area (Å²) in [4.78, 5) is 13.5. The molecule has 0 fully saturated rings. The first-order valence-corrected chi connectivity index (χ1v) is 15.4. The Morgan fingerprint density at radius 2 is 0.783 bits per heavy atom. The minimum atomic E-state index is -0.348. The van der Waals surface area contributed by atoms with Gasteiger partial charge in [-0.05, 0) is 104 Å². The maximum Gasteiger partial charge on any atom is 0.344 e. The molecule has 0 N–H and O–H groups in total. The van der Waals surface area contributed by atoms with Gasteiger partial charge in [0.25, 0.3) is 0 Å². The highest BCUT2D eigenvalue weighted by atomic mass is 16.4. The van der Waals surface area contributed by atoms with Crippen LogP contribution >= 0.6 is 0 Å². The molecular weight excluding hydrogens is 564 g/mol. The van der Waals surface area contributed by atoms with Crippen LogP contribution in [-0.4, -0.2) is 0 Å². The molecule has 7 aromatic carbocycles. The minimum absolute atomic E-state index is 0.348.